The second kappa shape index (κ2) is 11.4. The van der Waals surface area contributed by atoms with Gasteiger partial charge in [-0.15, -0.1) is 5.10 Å². The topological polar surface area (TPSA) is 98.4 Å². The highest BCUT2D eigenvalue weighted by Gasteiger charge is 2.25. The number of methoxy groups -OCH3 is 3. The number of aliphatic imine (C=N–C) groups is 1. The number of fused-ring (bicyclic) bond motifs is 3. The molecule has 208 valence electrons. The van der Waals surface area contributed by atoms with Gasteiger partial charge in [-0.1, -0.05) is 22.0 Å². The van der Waals surface area contributed by atoms with E-state index >= 15 is 0 Å². The number of benzene rings is 2. The largest absolute Gasteiger partial charge is 0.497 e. The van der Waals surface area contributed by atoms with Gasteiger partial charge in [0.2, 0.25) is 5.95 Å². The molecule has 0 aliphatic carbocycles. The first-order valence-electron chi connectivity index (χ1n) is 13.4. The number of anilines is 1. The number of alkyl halides is 1. The molecule has 11 heteroatoms. The standard InChI is InChI=1S/C29H32BrN7O3/c1-38-19-8-7-18(25(15-19)40-3)16-32-29-34-27-21(5-4-6-24(27)39-2)28-33-26(35-37(28)29)11-14-36-13-10-20-22(30)9-12-31-23(20)17-36/h4-8,12,15,22H,9-11,13-14,16-17H2,1-3H3,(H,32,34). The molecule has 0 spiro atoms. The molecule has 1 unspecified atom stereocenters. The van der Waals surface area contributed by atoms with E-state index in [1.807, 2.05) is 42.6 Å². The minimum Gasteiger partial charge on any atom is -0.497 e. The Kier molecular flexibility index (Phi) is 7.57. The van der Waals surface area contributed by atoms with Gasteiger partial charge in [0.15, 0.2) is 11.5 Å². The predicted molar refractivity (Wildman–Crippen MR) is 159 cm³/mol. The molecule has 0 bridgehead atoms. The van der Waals surface area contributed by atoms with Gasteiger partial charge < -0.3 is 19.5 Å². The summed E-state index contributed by atoms with van der Waals surface area (Å²) in [6.45, 7) is 3.21. The van der Waals surface area contributed by atoms with E-state index in [0.717, 1.165) is 78.3 Å². The highest BCUT2D eigenvalue weighted by molar-refractivity contribution is 9.09. The highest BCUT2D eigenvalue weighted by Crippen LogP contribution is 2.31. The second-order valence-electron chi connectivity index (χ2n) is 9.85. The van der Waals surface area contributed by atoms with Crippen molar-refractivity contribution in [1.29, 1.82) is 0 Å². The summed E-state index contributed by atoms with van der Waals surface area (Å²) in [6.07, 6.45) is 4.76. The van der Waals surface area contributed by atoms with Crippen molar-refractivity contribution in [2.24, 2.45) is 4.99 Å². The van der Waals surface area contributed by atoms with Gasteiger partial charge in [-0.3, -0.25) is 9.89 Å². The van der Waals surface area contributed by atoms with Gasteiger partial charge in [-0.2, -0.15) is 4.52 Å². The van der Waals surface area contributed by atoms with Crippen molar-refractivity contribution in [1.82, 2.24) is 24.5 Å². The number of aromatic nitrogens is 4. The van der Waals surface area contributed by atoms with Gasteiger partial charge in [-0.05, 0) is 42.7 Å². The fraction of sp³-hybridized carbons (Fsp3) is 0.379. The Bertz CT molecular complexity index is 1620. The molecule has 2 aromatic heterocycles. The van der Waals surface area contributed by atoms with E-state index in [-0.39, 0.29) is 0 Å². The molecule has 0 saturated heterocycles. The van der Waals surface area contributed by atoms with Crippen molar-refractivity contribution in [3.05, 3.63) is 59.1 Å². The summed E-state index contributed by atoms with van der Waals surface area (Å²) >= 11 is 3.80. The van der Waals surface area contributed by atoms with Gasteiger partial charge in [0.25, 0.3) is 0 Å². The average molecular weight is 607 g/mol. The summed E-state index contributed by atoms with van der Waals surface area (Å²) in [6, 6.07) is 11.6. The summed E-state index contributed by atoms with van der Waals surface area (Å²) in [5, 5.41) is 9.23. The fourth-order valence-corrected chi connectivity index (χ4v) is 5.99. The molecule has 4 heterocycles. The molecule has 0 saturated carbocycles. The van der Waals surface area contributed by atoms with Crippen LogP contribution in [0, 0.1) is 0 Å². The lowest BCUT2D eigenvalue weighted by Crippen LogP contribution is -2.35. The van der Waals surface area contributed by atoms with Gasteiger partial charge in [0.05, 0.1) is 27.0 Å². The number of hydrogen-bond acceptors (Lipinski definition) is 9. The molecule has 1 N–H and O–H groups in total. The maximum Gasteiger partial charge on any atom is 0.226 e. The highest BCUT2D eigenvalue weighted by atomic mass is 79.9. The quantitative estimate of drug-likeness (QED) is 0.275. The number of halogens is 1. The first-order chi connectivity index (χ1) is 19.6. The van der Waals surface area contributed by atoms with Crippen molar-refractivity contribution >= 4 is 44.6 Å². The first kappa shape index (κ1) is 26.5. The third-order valence-electron chi connectivity index (χ3n) is 7.49. The van der Waals surface area contributed by atoms with E-state index in [4.69, 9.17) is 29.3 Å². The zero-order valence-electron chi connectivity index (χ0n) is 22.9. The number of ether oxygens (including phenoxy) is 3. The molecule has 4 aromatic rings. The zero-order chi connectivity index (χ0) is 27.6. The van der Waals surface area contributed by atoms with E-state index < -0.39 is 0 Å². The molecule has 2 aromatic carbocycles. The van der Waals surface area contributed by atoms with Gasteiger partial charge in [-0.25, -0.2) is 9.97 Å². The summed E-state index contributed by atoms with van der Waals surface area (Å²) < 4.78 is 18.4. The maximum absolute atomic E-state index is 5.63. The SMILES string of the molecule is COc1ccc(CNc2nc3c(OC)cccc3c3nc(CCN4CCC5=C(C4)N=CCC5Br)nn23)c(OC)c1. The fourth-order valence-electron chi connectivity index (χ4n) is 5.33. The lowest BCUT2D eigenvalue weighted by Gasteiger charge is -2.32. The Balaban J connectivity index is 1.28. The van der Waals surface area contributed by atoms with Crippen molar-refractivity contribution in [2.45, 2.75) is 30.6 Å². The van der Waals surface area contributed by atoms with Crippen LogP contribution in [0.4, 0.5) is 5.95 Å². The van der Waals surface area contributed by atoms with Crippen molar-refractivity contribution < 1.29 is 14.2 Å². The van der Waals surface area contributed by atoms with E-state index in [1.165, 1.54) is 11.3 Å². The van der Waals surface area contributed by atoms with Crippen LogP contribution in [-0.2, 0) is 13.0 Å². The number of nitrogens with one attached hydrogen (secondary N) is 1. The number of hydrogen-bond donors (Lipinski definition) is 1. The van der Waals surface area contributed by atoms with Gasteiger partial charge >= 0.3 is 0 Å². The number of nitrogens with zero attached hydrogens (tertiary/aromatic N) is 6. The van der Waals surface area contributed by atoms with E-state index in [9.17, 15) is 0 Å². The normalized spacial score (nSPS) is 17.4. The van der Waals surface area contributed by atoms with Crippen LogP contribution in [0.25, 0.3) is 16.6 Å². The Morgan fingerprint density at radius 3 is 2.75 bits per heavy atom. The summed E-state index contributed by atoms with van der Waals surface area (Å²) in [7, 11) is 4.94. The minimum absolute atomic E-state index is 0.420. The van der Waals surface area contributed by atoms with Crippen LogP contribution in [-0.4, -0.2) is 76.5 Å². The Morgan fingerprint density at radius 2 is 1.93 bits per heavy atom. The average Bonchev–Trinajstić information content (AvgIpc) is 3.43. The van der Waals surface area contributed by atoms with Crippen LogP contribution in [0.2, 0.25) is 0 Å². The van der Waals surface area contributed by atoms with Crippen LogP contribution < -0.4 is 19.5 Å². The lowest BCUT2D eigenvalue weighted by molar-refractivity contribution is 0.284. The smallest absolute Gasteiger partial charge is 0.226 e. The van der Waals surface area contributed by atoms with Crippen LogP contribution in [0.1, 0.15) is 24.2 Å². The molecule has 0 fully saturated rings. The molecule has 2 aliphatic rings. The Hall–Kier alpha value is -3.70. The third-order valence-corrected chi connectivity index (χ3v) is 8.42. The summed E-state index contributed by atoms with van der Waals surface area (Å²) in [5.41, 5.74) is 5.08. The molecular formula is C29H32BrN7O3. The van der Waals surface area contributed by atoms with Crippen LogP contribution >= 0.6 is 15.9 Å². The minimum atomic E-state index is 0.420. The van der Waals surface area contributed by atoms with Crippen LogP contribution in [0.15, 0.2) is 52.7 Å². The van der Waals surface area contributed by atoms with E-state index in [0.29, 0.717) is 23.1 Å². The monoisotopic (exact) mass is 605 g/mol. The lowest BCUT2D eigenvalue weighted by atomic mass is 9.98. The van der Waals surface area contributed by atoms with Crippen molar-refractivity contribution in [3.63, 3.8) is 0 Å². The zero-order valence-corrected chi connectivity index (χ0v) is 24.4. The first-order valence-corrected chi connectivity index (χ1v) is 14.3. The Morgan fingerprint density at radius 1 is 1.05 bits per heavy atom. The molecular weight excluding hydrogens is 574 g/mol. The van der Waals surface area contributed by atoms with E-state index in [2.05, 4.69) is 31.1 Å². The second-order valence-corrected chi connectivity index (χ2v) is 11.0. The molecule has 2 aliphatic heterocycles. The number of rotatable bonds is 9. The maximum atomic E-state index is 5.63. The molecule has 0 radical (unpaired) electrons. The molecule has 1 atom stereocenters. The summed E-state index contributed by atoms with van der Waals surface area (Å²) in [4.78, 5) is 17.4. The van der Waals surface area contributed by atoms with Crippen LogP contribution in [0.3, 0.4) is 0 Å². The van der Waals surface area contributed by atoms with Crippen LogP contribution in [0.5, 0.6) is 17.2 Å². The van der Waals surface area contributed by atoms with Crippen molar-refractivity contribution in [3.8, 4) is 17.2 Å². The molecule has 40 heavy (non-hydrogen) atoms. The molecule has 10 nitrogen and oxygen atoms in total. The third kappa shape index (κ3) is 5.11. The summed E-state index contributed by atoms with van der Waals surface area (Å²) in [5.74, 6) is 3.50. The van der Waals surface area contributed by atoms with Gasteiger partial charge in [0.1, 0.15) is 22.8 Å². The van der Waals surface area contributed by atoms with Gasteiger partial charge in [0, 0.05) is 60.7 Å². The molecule has 0 amide bonds. The predicted octanol–water partition coefficient (Wildman–Crippen LogP) is 4.66. The number of para-hydroxylation sites is 1. The van der Waals surface area contributed by atoms with Crippen molar-refractivity contribution in [2.75, 3.05) is 46.3 Å². The van der Waals surface area contributed by atoms with E-state index in [1.54, 1.807) is 25.8 Å². The molecule has 6 rings (SSSR count). The Labute approximate surface area is 241 Å².